The number of benzene rings is 4. The van der Waals surface area contributed by atoms with Crippen LogP contribution in [0.3, 0.4) is 0 Å². The van der Waals surface area contributed by atoms with Gasteiger partial charge in [-0.2, -0.15) is 69.1 Å². The second kappa shape index (κ2) is 18.8. The molecule has 7 N–H and O–H groups in total. The normalized spacial score (nSPS) is 12.4. The van der Waals surface area contributed by atoms with Gasteiger partial charge >= 0.3 is 0 Å². The molecule has 4 aromatic carbocycles. The van der Waals surface area contributed by atoms with E-state index in [1.54, 1.807) is 0 Å². The van der Waals surface area contributed by atoms with Crippen molar-refractivity contribution in [3.63, 3.8) is 0 Å². The predicted molar refractivity (Wildman–Crippen MR) is 213 cm³/mol. The van der Waals surface area contributed by atoms with Crippen LogP contribution in [0.5, 0.6) is 11.5 Å². The molecule has 1 aromatic heterocycles. The van der Waals surface area contributed by atoms with Crippen LogP contribution in [0.1, 0.15) is 6.42 Å². The first kappa shape index (κ1) is 44.8. The number of hydrogen-bond donors (Lipinski definition) is 7. The van der Waals surface area contributed by atoms with Gasteiger partial charge in [-0.15, -0.1) is 0 Å². The van der Waals surface area contributed by atoms with Crippen molar-refractivity contribution in [2.24, 2.45) is 20.5 Å². The summed E-state index contributed by atoms with van der Waals surface area (Å²) >= 11 is 0. The monoisotopic (exact) mass is 908 g/mol. The highest BCUT2D eigenvalue weighted by molar-refractivity contribution is 7.86. The van der Waals surface area contributed by atoms with Gasteiger partial charge in [0.2, 0.25) is 17.8 Å². The van der Waals surface area contributed by atoms with Crippen LogP contribution < -0.4 is 25.4 Å². The van der Waals surface area contributed by atoms with Crippen molar-refractivity contribution >= 4 is 92.4 Å². The topological polar surface area (TPSA) is 360 Å². The van der Waals surface area contributed by atoms with E-state index >= 15 is 0 Å². The fourth-order valence-electron chi connectivity index (χ4n) is 4.67. The first-order chi connectivity index (χ1) is 28.1. The summed E-state index contributed by atoms with van der Waals surface area (Å²) in [5.41, 5.74) is 0.984. The molecule has 0 saturated heterocycles. The van der Waals surface area contributed by atoms with Gasteiger partial charge in [0.15, 0.2) is 0 Å². The highest BCUT2D eigenvalue weighted by atomic mass is 32.2. The number of rotatable bonds is 19. The van der Waals surface area contributed by atoms with Crippen LogP contribution in [0.15, 0.2) is 115 Å². The lowest BCUT2D eigenvalue weighted by molar-refractivity contribution is 0.317. The van der Waals surface area contributed by atoms with E-state index in [0.29, 0.717) is 0 Å². The zero-order chi connectivity index (χ0) is 43.7. The number of hydrogen-bond acceptors (Lipinski definition) is 20. The Kier molecular flexibility index (Phi) is 14.0. The Balaban J connectivity index is 1.45. The maximum atomic E-state index is 11.5. The van der Waals surface area contributed by atoms with E-state index in [4.69, 9.17) is 14.0 Å². The van der Waals surface area contributed by atoms with E-state index < -0.39 is 57.0 Å². The van der Waals surface area contributed by atoms with Crippen LogP contribution in [-0.4, -0.2) is 92.2 Å². The standard InChI is InChI=1S/C32H32N10O14S4/c1-55-28-17-22(41-39-20-5-2-7-24(15-20)59(49,50)51)9-11-26(28)34-31-36-30(33-19-58(46,47)48)37-32(38-31)35-27-12-10-23(18-29(27)56-13-4-14-57(43,44)45)42-40-21-6-3-8-25(16-21)60(52,53)54/h2-3,5-12,15-18H,4,13-14,19H2,1H3,(H,43,44,45)(H,46,47,48)(H,49,50,51)(H,52,53,54)(H3,33,34,35,36,37,38). The fraction of sp³-hybridized carbons (Fsp3) is 0.156. The molecule has 5 rings (SSSR count). The van der Waals surface area contributed by atoms with E-state index in [2.05, 4.69) is 51.4 Å². The molecule has 0 saturated carbocycles. The highest BCUT2D eigenvalue weighted by Gasteiger charge is 2.16. The summed E-state index contributed by atoms with van der Waals surface area (Å²) in [5.74, 6) is -2.21. The molecule has 24 nitrogen and oxygen atoms in total. The number of methoxy groups -OCH3 is 1. The van der Waals surface area contributed by atoms with Crippen LogP contribution in [0.2, 0.25) is 0 Å². The molecule has 0 aliphatic rings. The fourth-order valence-corrected chi connectivity index (χ4v) is 6.51. The second-order valence-corrected chi connectivity index (χ2v) is 17.7. The Bertz CT molecular complexity index is 2900. The van der Waals surface area contributed by atoms with Gasteiger partial charge in [0, 0.05) is 12.1 Å². The lowest BCUT2D eigenvalue weighted by Crippen LogP contribution is -2.16. The van der Waals surface area contributed by atoms with Gasteiger partial charge < -0.3 is 25.4 Å². The van der Waals surface area contributed by atoms with Crippen LogP contribution in [0.4, 0.5) is 52.0 Å². The Morgan fingerprint density at radius 1 is 0.567 bits per heavy atom. The first-order valence-electron chi connectivity index (χ1n) is 16.5. The van der Waals surface area contributed by atoms with Gasteiger partial charge in [-0.05, 0) is 67.1 Å². The molecule has 0 atom stereocenters. The van der Waals surface area contributed by atoms with Crippen LogP contribution in [0.25, 0.3) is 0 Å². The third kappa shape index (κ3) is 13.9. The zero-order valence-corrected chi connectivity index (χ0v) is 33.8. The smallest absolute Gasteiger partial charge is 0.294 e. The van der Waals surface area contributed by atoms with Gasteiger partial charge in [-0.3, -0.25) is 18.2 Å². The molecule has 0 bridgehead atoms. The minimum Gasteiger partial charge on any atom is -0.494 e. The molecule has 60 heavy (non-hydrogen) atoms. The summed E-state index contributed by atoms with van der Waals surface area (Å²) in [6, 6.07) is 18.8. The van der Waals surface area contributed by atoms with Gasteiger partial charge in [0.25, 0.3) is 40.5 Å². The zero-order valence-electron chi connectivity index (χ0n) is 30.5. The van der Waals surface area contributed by atoms with Gasteiger partial charge in [0.1, 0.15) is 17.4 Å². The summed E-state index contributed by atoms with van der Waals surface area (Å²) in [6.07, 6.45) is -0.140. The number of anilines is 5. The Labute approximate surface area is 341 Å². The molecule has 318 valence electrons. The molecule has 0 amide bonds. The van der Waals surface area contributed by atoms with Crippen LogP contribution in [0, 0.1) is 0 Å². The molecule has 1 heterocycles. The molecule has 28 heteroatoms. The number of azo groups is 2. The van der Waals surface area contributed by atoms with Crippen molar-refractivity contribution in [1.29, 1.82) is 0 Å². The summed E-state index contributed by atoms with van der Waals surface area (Å²) in [4.78, 5) is 11.8. The molecular formula is C32H32N10O14S4. The Morgan fingerprint density at radius 3 is 1.47 bits per heavy atom. The lowest BCUT2D eigenvalue weighted by Gasteiger charge is -2.15. The molecule has 0 radical (unpaired) electrons. The summed E-state index contributed by atoms with van der Waals surface area (Å²) < 4.78 is 140. The number of aromatic nitrogens is 3. The molecule has 0 aliphatic carbocycles. The van der Waals surface area contributed by atoms with Crippen molar-refractivity contribution in [2.45, 2.75) is 16.2 Å². The average Bonchev–Trinajstić information content (AvgIpc) is 3.17. The quantitative estimate of drug-likeness (QED) is 0.0301. The Morgan fingerprint density at radius 2 is 1.02 bits per heavy atom. The Hall–Kier alpha value is -6.27. The number of nitrogens with one attached hydrogen (secondary N) is 3. The van der Waals surface area contributed by atoms with Gasteiger partial charge in [-0.25, -0.2) is 0 Å². The predicted octanol–water partition coefficient (Wildman–Crippen LogP) is 5.61. The SMILES string of the molecule is COc1cc(N=Nc2cccc(S(=O)(=O)O)c2)ccc1Nc1nc(NCS(=O)(=O)O)nc(Nc2ccc(N=Nc3cccc(S(=O)(=O)O)c3)cc2OCCCS(=O)(=O)O)n1. The third-order valence-electron chi connectivity index (χ3n) is 7.29. The number of nitrogens with zero attached hydrogens (tertiary/aromatic N) is 7. The molecule has 5 aromatic rings. The minimum absolute atomic E-state index is 0.0203. The number of ether oxygens (including phenoxy) is 2. The molecule has 0 aliphatic heterocycles. The highest BCUT2D eigenvalue weighted by Crippen LogP contribution is 2.35. The van der Waals surface area contributed by atoms with E-state index in [1.807, 2.05) is 0 Å². The molecule has 0 unspecified atom stereocenters. The lowest BCUT2D eigenvalue weighted by atomic mass is 10.2. The maximum Gasteiger partial charge on any atom is 0.294 e. The summed E-state index contributed by atoms with van der Waals surface area (Å²) in [6.45, 7) is -0.233. The second-order valence-electron chi connectivity index (χ2n) is 11.9. The third-order valence-corrected chi connectivity index (χ3v) is 10.3. The van der Waals surface area contributed by atoms with E-state index in [0.717, 1.165) is 18.2 Å². The average molecular weight is 909 g/mol. The minimum atomic E-state index is -4.56. The van der Waals surface area contributed by atoms with Crippen molar-refractivity contribution in [1.82, 2.24) is 15.0 Å². The van der Waals surface area contributed by atoms with E-state index in [1.165, 1.54) is 73.8 Å². The largest absolute Gasteiger partial charge is 0.494 e. The first-order valence-corrected chi connectivity index (χ1v) is 22.6. The molecule has 0 fully saturated rings. The van der Waals surface area contributed by atoms with Crippen LogP contribution >= 0.6 is 0 Å². The van der Waals surface area contributed by atoms with Gasteiger partial charge in [0.05, 0.1) is 63.4 Å². The van der Waals surface area contributed by atoms with Crippen molar-refractivity contribution in [3.8, 4) is 11.5 Å². The summed E-state index contributed by atoms with van der Waals surface area (Å²) in [7, 11) is -16.5. The maximum absolute atomic E-state index is 11.5. The van der Waals surface area contributed by atoms with Crippen molar-refractivity contribution < 1.29 is 61.4 Å². The van der Waals surface area contributed by atoms with E-state index in [-0.39, 0.29) is 81.4 Å². The van der Waals surface area contributed by atoms with Crippen molar-refractivity contribution in [2.75, 3.05) is 41.3 Å². The summed E-state index contributed by atoms with van der Waals surface area (Å²) in [5, 5.41) is 24.3. The van der Waals surface area contributed by atoms with E-state index in [9.17, 15) is 47.3 Å². The van der Waals surface area contributed by atoms with Crippen molar-refractivity contribution in [3.05, 3.63) is 84.9 Å². The van der Waals surface area contributed by atoms with Gasteiger partial charge in [-0.1, -0.05) is 12.1 Å². The molecular weight excluding hydrogens is 877 g/mol. The van der Waals surface area contributed by atoms with Crippen LogP contribution in [-0.2, 0) is 40.5 Å². The molecule has 0 spiro atoms.